The fourth-order valence-electron chi connectivity index (χ4n) is 1.29. The largest absolute Gasteiger partial charge is 0.375 e. The Labute approximate surface area is 70.2 Å². The molecule has 12 heavy (non-hydrogen) atoms. The molecule has 0 unspecified atom stereocenters. The Hall–Kier alpha value is -1.10. The molecule has 1 amide bonds. The second kappa shape index (κ2) is 2.45. The molecule has 2 saturated heterocycles. The number of rotatable bonds is 1. The van der Waals surface area contributed by atoms with E-state index >= 15 is 0 Å². The van der Waals surface area contributed by atoms with Crippen LogP contribution in [0.3, 0.4) is 0 Å². The number of amides is 1. The minimum atomic E-state index is -0.506. The number of nitrogens with zero attached hydrogens (tertiary/aromatic N) is 1. The second-order valence-electron chi connectivity index (χ2n) is 2.98. The van der Waals surface area contributed by atoms with Crippen LogP contribution in [-0.4, -0.2) is 37.2 Å². The van der Waals surface area contributed by atoms with E-state index in [-0.39, 0.29) is 5.91 Å². The van der Waals surface area contributed by atoms with Gasteiger partial charge in [0.25, 0.3) is 5.91 Å². The van der Waals surface area contributed by atoms with E-state index in [1.807, 2.05) is 6.92 Å². The van der Waals surface area contributed by atoms with E-state index in [2.05, 4.69) is 15.6 Å². The topological polar surface area (TPSA) is 62.7 Å². The monoisotopic (exact) mass is 169 g/mol. The first kappa shape index (κ1) is 7.54. The van der Waals surface area contributed by atoms with Crippen molar-refractivity contribution >= 4 is 11.9 Å². The van der Waals surface area contributed by atoms with E-state index in [0.29, 0.717) is 25.7 Å². The molecule has 2 N–H and O–H groups in total. The van der Waals surface area contributed by atoms with Gasteiger partial charge < -0.3 is 10.1 Å². The summed E-state index contributed by atoms with van der Waals surface area (Å²) in [4.78, 5) is 15.4. The third-order valence-electron chi connectivity index (χ3n) is 2.04. The molecular formula is C7H11N3O2. The number of carbonyl (C=O) groups is 1. The maximum Gasteiger partial charge on any atom is 0.257 e. The Morgan fingerprint density at radius 2 is 2.42 bits per heavy atom. The maximum atomic E-state index is 11.3. The molecule has 0 aliphatic carbocycles. The quantitative estimate of drug-likeness (QED) is 0.521. The molecule has 2 fully saturated rings. The van der Waals surface area contributed by atoms with Gasteiger partial charge in [0.2, 0.25) is 0 Å². The highest BCUT2D eigenvalue weighted by Crippen LogP contribution is 2.20. The number of aliphatic imine (C=N–C) groups is 1. The molecule has 2 aliphatic rings. The molecule has 2 rings (SSSR count). The van der Waals surface area contributed by atoms with Crippen molar-refractivity contribution in [3.05, 3.63) is 0 Å². The predicted molar refractivity (Wildman–Crippen MR) is 42.8 cm³/mol. The van der Waals surface area contributed by atoms with E-state index in [9.17, 15) is 4.79 Å². The zero-order chi connectivity index (χ0) is 8.60. The molecule has 2 aliphatic heterocycles. The Bertz CT molecular complexity index is 245. The first-order valence-electron chi connectivity index (χ1n) is 3.99. The maximum absolute atomic E-state index is 11.3. The van der Waals surface area contributed by atoms with Gasteiger partial charge in [-0.2, -0.15) is 0 Å². The molecule has 5 heteroatoms. The average molecular weight is 169 g/mol. The van der Waals surface area contributed by atoms with Gasteiger partial charge in [0.15, 0.2) is 11.5 Å². The van der Waals surface area contributed by atoms with Gasteiger partial charge in [-0.25, -0.2) is 0 Å². The minimum absolute atomic E-state index is 0.0269. The average Bonchev–Trinajstić information content (AvgIpc) is 2.26. The van der Waals surface area contributed by atoms with Gasteiger partial charge in [0, 0.05) is 6.54 Å². The van der Waals surface area contributed by atoms with Crippen LogP contribution < -0.4 is 10.6 Å². The highest BCUT2D eigenvalue weighted by atomic mass is 16.5. The van der Waals surface area contributed by atoms with Gasteiger partial charge in [-0.1, -0.05) is 0 Å². The number of ether oxygens (including phenoxy) is 1. The molecule has 0 aromatic heterocycles. The summed E-state index contributed by atoms with van der Waals surface area (Å²) in [6.07, 6.45) is 0. The molecule has 0 bridgehead atoms. The Kier molecular flexibility index (Phi) is 1.54. The van der Waals surface area contributed by atoms with Gasteiger partial charge in [-0.05, 0) is 6.92 Å². The van der Waals surface area contributed by atoms with Crippen LogP contribution in [0.1, 0.15) is 6.92 Å². The van der Waals surface area contributed by atoms with Crippen LogP contribution in [0.2, 0.25) is 0 Å². The van der Waals surface area contributed by atoms with E-state index in [1.165, 1.54) is 0 Å². The SMILES string of the molecule is CCN=C1NC(=O)C2(COC2)N1. The molecule has 5 nitrogen and oxygen atoms in total. The van der Waals surface area contributed by atoms with Crippen LogP contribution >= 0.6 is 0 Å². The number of nitrogens with one attached hydrogen (secondary N) is 2. The Morgan fingerprint density at radius 1 is 1.67 bits per heavy atom. The molecule has 0 atom stereocenters. The Balaban J connectivity index is 2.12. The van der Waals surface area contributed by atoms with Crippen molar-refractivity contribution in [3.63, 3.8) is 0 Å². The van der Waals surface area contributed by atoms with E-state index < -0.39 is 5.54 Å². The van der Waals surface area contributed by atoms with Crippen molar-refractivity contribution in [3.8, 4) is 0 Å². The van der Waals surface area contributed by atoms with Crippen molar-refractivity contribution in [2.75, 3.05) is 19.8 Å². The van der Waals surface area contributed by atoms with Crippen molar-refractivity contribution in [2.45, 2.75) is 12.5 Å². The predicted octanol–water partition coefficient (Wildman–Crippen LogP) is -1.15. The minimum Gasteiger partial charge on any atom is -0.375 e. The standard InChI is InChI=1S/C7H11N3O2/c1-2-8-6-9-5(11)7(10-6)3-12-4-7/h2-4H2,1H3,(H2,8,9,10,11). The summed E-state index contributed by atoms with van der Waals surface area (Å²) < 4.78 is 4.98. The number of hydrogen-bond donors (Lipinski definition) is 2. The highest BCUT2D eigenvalue weighted by Gasteiger charge is 2.51. The van der Waals surface area contributed by atoms with Crippen molar-refractivity contribution in [1.29, 1.82) is 0 Å². The second-order valence-corrected chi connectivity index (χ2v) is 2.98. The third kappa shape index (κ3) is 0.896. The summed E-state index contributed by atoms with van der Waals surface area (Å²) >= 11 is 0. The molecule has 0 aromatic rings. The van der Waals surface area contributed by atoms with Gasteiger partial charge in [0.05, 0.1) is 13.2 Å². The van der Waals surface area contributed by atoms with Crippen molar-refractivity contribution < 1.29 is 9.53 Å². The summed E-state index contributed by atoms with van der Waals surface area (Å²) in [7, 11) is 0. The van der Waals surface area contributed by atoms with E-state index in [4.69, 9.17) is 4.74 Å². The fraction of sp³-hybridized carbons (Fsp3) is 0.714. The van der Waals surface area contributed by atoms with Crippen LogP contribution in [0, 0.1) is 0 Å². The zero-order valence-electron chi connectivity index (χ0n) is 6.89. The van der Waals surface area contributed by atoms with Gasteiger partial charge >= 0.3 is 0 Å². The lowest BCUT2D eigenvalue weighted by Gasteiger charge is -2.34. The third-order valence-corrected chi connectivity index (χ3v) is 2.04. The van der Waals surface area contributed by atoms with E-state index in [1.54, 1.807) is 0 Å². The Morgan fingerprint density at radius 3 is 2.83 bits per heavy atom. The molecule has 0 radical (unpaired) electrons. The van der Waals surface area contributed by atoms with Crippen LogP contribution in [-0.2, 0) is 9.53 Å². The lowest BCUT2D eigenvalue weighted by atomic mass is 9.99. The summed E-state index contributed by atoms with van der Waals surface area (Å²) in [5, 5.41) is 5.69. The molecule has 66 valence electrons. The fourth-order valence-corrected chi connectivity index (χ4v) is 1.29. The van der Waals surface area contributed by atoms with Gasteiger partial charge in [0.1, 0.15) is 0 Å². The lowest BCUT2D eigenvalue weighted by Crippen LogP contribution is -2.62. The molecule has 1 spiro atoms. The van der Waals surface area contributed by atoms with Crippen LogP contribution in [0.4, 0.5) is 0 Å². The van der Waals surface area contributed by atoms with Crippen molar-refractivity contribution in [1.82, 2.24) is 10.6 Å². The normalized spacial score (nSPS) is 28.4. The first-order valence-corrected chi connectivity index (χ1v) is 3.99. The summed E-state index contributed by atoms with van der Waals surface area (Å²) in [6, 6.07) is 0. The highest BCUT2D eigenvalue weighted by molar-refractivity contribution is 6.09. The molecule has 2 heterocycles. The molecule has 0 aromatic carbocycles. The van der Waals surface area contributed by atoms with E-state index in [0.717, 1.165) is 0 Å². The summed E-state index contributed by atoms with van der Waals surface area (Å²) in [5.41, 5.74) is -0.506. The summed E-state index contributed by atoms with van der Waals surface area (Å²) in [5.74, 6) is 0.548. The molecular weight excluding hydrogens is 158 g/mol. The molecule has 0 saturated carbocycles. The van der Waals surface area contributed by atoms with Crippen LogP contribution in [0.15, 0.2) is 4.99 Å². The van der Waals surface area contributed by atoms with Crippen molar-refractivity contribution in [2.24, 2.45) is 4.99 Å². The smallest absolute Gasteiger partial charge is 0.257 e. The van der Waals surface area contributed by atoms with Gasteiger partial charge in [-0.15, -0.1) is 0 Å². The number of hydrogen-bond acceptors (Lipinski definition) is 3. The lowest BCUT2D eigenvalue weighted by molar-refractivity contribution is -0.141. The van der Waals surface area contributed by atoms with Gasteiger partial charge in [-0.3, -0.25) is 15.1 Å². The first-order chi connectivity index (χ1) is 5.77. The zero-order valence-corrected chi connectivity index (χ0v) is 6.89. The van der Waals surface area contributed by atoms with Crippen LogP contribution in [0.5, 0.6) is 0 Å². The summed E-state index contributed by atoms with van der Waals surface area (Å²) in [6.45, 7) is 3.48. The number of guanidine groups is 1. The number of carbonyl (C=O) groups excluding carboxylic acids is 1. The van der Waals surface area contributed by atoms with Crippen LogP contribution in [0.25, 0.3) is 0 Å².